The van der Waals surface area contributed by atoms with E-state index in [-0.39, 0.29) is 11.3 Å². The summed E-state index contributed by atoms with van der Waals surface area (Å²) in [5.41, 5.74) is 2.09. The van der Waals surface area contributed by atoms with Gasteiger partial charge in [-0.15, -0.1) is 0 Å². The number of rotatable bonds is 6. The molecule has 1 N–H and O–H groups in total. The first-order chi connectivity index (χ1) is 14.0. The van der Waals surface area contributed by atoms with Crippen LogP contribution in [0.15, 0.2) is 72.8 Å². The van der Waals surface area contributed by atoms with Crippen molar-refractivity contribution < 1.29 is 23.5 Å². The second-order valence-electron chi connectivity index (χ2n) is 6.29. The van der Waals surface area contributed by atoms with Crippen LogP contribution in [0, 0.1) is 5.82 Å². The minimum atomic E-state index is -1.12. The first-order valence-electron chi connectivity index (χ1n) is 8.99. The highest BCUT2D eigenvalue weighted by atomic mass is 19.1. The van der Waals surface area contributed by atoms with E-state index < -0.39 is 23.8 Å². The summed E-state index contributed by atoms with van der Waals surface area (Å²) in [5.74, 6) is -1.95. The molecule has 6 heteroatoms. The number of ether oxygens (including phenoxy) is 2. The zero-order valence-electron chi connectivity index (χ0n) is 16.0. The lowest BCUT2D eigenvalue weighted by Crippen LogP contribution is -2.30. The third-order valence-corrected chi connectivity index (χ3v) is 4.32. The third kappa shape index (κ3) is 4.79. The van der Waals surface area contributed by atoms with E-state index in [1.165, 1.54) is 26.2 Å². The fourth-order valence-corrected chi connectivity index (χ4v) is 2.76. The summed E-state index contributed by atoms with van der Waals surface area (Å²) >= 11 is 0. The van der Waals surface area contributed by atoms with Crippen LogP contribution in [-0.2, 0) is 9.53 Å². The zero-order chi connectivity index (χ0) is 20.8. The lowest BCUT2D eigenvalue weighted by atomic mass is 10.0. The van der Waals surface area contributed by atoms with E-state index in [0.29, 0.717) is 5.69 Å². The lowest BCUT2D eigenvalue weighted by Gasteiger charge is -2.16. The van der Waals surface area contributed by atoms with E-state index in [9.17, 15) is 14.0 Å². The number of hydrogen-bond acceptors (Lipinski definition) is 4. The molecule has 0 aliphatic carbocycles. The molecule has 0 radical (unpaired) electrons. The van der Waals surface area contributed by atoms with Gasteiger partial charge in [-0.05, 0) is 30.7 Å². The predicted molar refractivity (Wildman–Crippen MR) is 108 cm³/mol. The highest BCUT2D eigenvalue weighted by molar-refractivity contribution is 6.00. The summed E-state index contributed by atoms with van der Waals surface area (Å²) in [7, 11) is 1.40. The fraction of sp³-hybridized carbons (Fsp3) is 0.130. The van der Waals surface area contributed by atoms with Gasteiger partial charge in [-0.1, -0.05) is 48.5 Å². The normalized spacial score (nSPS) is 11.4. The Labute approximate surface area is 168 Å². The van der Waals surface area contributed by atoms with Crippen LogP contribution in [0.2, 0.25) is 0 Å². The second kappa shape index (κ2) is 9.01. The molecule has 0 saturated heterocycles. The van der Waals surface area contributed by atoms with Gasteiger partial charge in [0.2, 0.25) is 0 Å². The predicted octanol–water partition coefficient (Wildman–Crippen LogP) is 4.69. The number of carbonyl (C=O) groups excluding carboxylic acids is 2. The number of benzene rings is 3. The topological polar surface area (TPSA) is 64.6 Å². The molecule has 1 amide bonds. The van der Waals surface area contributed by atoms with Gasteiger partial charge in [0.1, 0.15) is 11.6 Å². The molecule has 0 saturated carbocycles. The number of hydrogen-bond donors (Lipinski definition) is 1. The van der Waals surface area contributed by atoms with E-state index in [2.05, 4.69) is 5.32 Å². The molecule has 3 aromatic rings. The maximum atomic E-state index is 14.0. The Morgan fingerprint density at radius 1 is 0.966 bits per heavy atom. The standard InChI is InChI=1S/C23H20FNO4/c1-15(29-23(27)19-13-12-17(28-2)14-20(19)24)22(26)25-21-11-7-6-10-18(21)16-8-4-3-5-9-16/h3-15H,1-2H3,(H,25,26). The maximum Gasteiger partial charge on any atom is 0.341 e. The number of methoxy groups -OCH3 is 1. The van der Waals surface area contributed by atoms with Crippen molar-refractivity contribution in [3.63, 3.8) is 0 Å². The number of esters is 1. The van der Waals surface area contributed by atoms with Crippen LogP contribution < -0.4 is 10.1 Å². The van der Waals surface area contributed by atoms with Crippen LogP contribution in [0.25, 0.3) is 11.1 Å². The van der Waals surface area contributed by atoms with Crippen molar-refractivity contribution in [2.75, 3.05) is 12.4 Å². The van der Waals surface area contributed by atoms with E-state index in [0.717, 1.165) is 17.2 Å². The highest BCUT2D eigenvalue weighted by Gasteiger charge is 2.22. The SMILES string of the molecule is COc1ccc(C(=O)OC(C)C(=O)Nc2ccccc2-c2ccccc2)c(F)c1. The van der Waals surface area contributed by atoms with Gasteiger partial charge in [-0.3, -0.25) is 4.79 Å². The van der Waals surface area contributed by atoms with Crippen LogP contribution in [0.3, 0.4) is 0 Å². The lowest BCUT2D eigenvalue weighted by molar-refractivity contribution is -0.123. The third-order valence-electron chi connectivity index (χ3n) is 4.32. The van der Waals surface area contributed by atoms with Gasteiger partial charge in [-0.2, -0.15) is 0 Å². The minimum absolute atomic E-state index is 0.268. The van der Waals surface area contributed by atoms with Crippen molar-refractivity contribution in [2.24, 2.45) is 0 Å². The Morgan fingerprint density at radius 3 is 2.34 bits per heavy atom. The molecule has 148 valence electrons. The van der Waals surface area contributed by atoms with Gasteiger partial charge in [0.25, 0.3) is 5.91 Å². The summed E-state index contributed by atoms with van der Waals surface area (Å²) in [4.78, 5) is 24.8. The van der Waals surface area contributed by atoms with E-state index in [1.807, 2.05) is 42.5 Å². The maximum absolute atomic E-state index is 14.0. The summed E-state index contributed by atoms with van der Waals surface area (Å²) in [5, 5.41) is 2.77. The molecule has 0 bridgehead atoms. The van der Waals surface area contributed by atoms with E-state index in [4.69, 9.17) is 9.47 Å². The summed E-state index contributed by atoms with van der Waals surface area (Å²) in [6.45, 7) is 1.43. The molecule has 0 fully saturated rings. The van der Waals surface area contributed by atoms with Crippen LogP contribution in [-0.4, -0.2) is 25.1 Å². The van der Waals surface area contributed by atoms with Gasteiger partial charge in [0.05, 0.1) is 12.7 Å². The van der Waals surface area contributed by atoms with Gasteiger partial charge in [0, 0.05) is 17.3 Å². The average Bonchev–Trinajstić information content (AvgIpc) is 2.74. The molecule has 3 rings (SSSR count). The van der Waals surface area contributed by atoms with Crippen LogP contribution >= 0.6 is 0 Å². The molecule has 0 aliphatic rings. The quantitative estimate of drug-likeness (QED) is 0.618. The van der Waals surface area contributed by atoms with Crippen molar-refractivity contribution >= 4 is 17.6 Å². The Bertz CT molecular complexity index is 1020. The molecule has 5 nitrogen and oxygen atoms in total. The Balaban J connectivity index is 1.71. The molecule has 3 aromatic carbocycles. The van der Waals surface area contributed by atoms with Crippen LogP contribution in [0.5, 0.6) is 5.75 Å². The Hall–Kier alpha value is -3.67. The first kappa shape index (κ1) is 20.1. The first-order valence-corrected chi connectivity index (χ1v) is 8.99. The summed E-state index contributed by atoms with van der Waals surface area (Å²) in [6, 6.07) is 20.7. The number of amides is 1. The minimum Gasteiger partial charge on any atom is -0.497 e. The zero-order valence-corrected chi connectivity index (χ0v) is 16.0. The molecule has 1 unspecified atom stereocenters. The summed E-state index contributed by atoms with van der Waals surface area (Å²) < 4.78 is 24.1. The van der Waals surface area contributed by atoms with Crippen LogP contribution in [0.4, 0.5) is 10.1 Å². The Morgan fingerprint density at radius 2 is 1.66 bits per heavy atom. The number of nitrogens with one attached hydrogen (secondary N) is 1. The van der Waals surface area contributed by atoms with Gasteiger partial charge in [-0.25, -0.2) is 9.18 Å². The largest absolute Gasteiger partial charge is 0.497 e. The molecule has 29 heavy (non-hydrogen) atoms. The molecule has 0 aromatic heterocycles. The van der Waals surface area contributed by atoms with E-state index in [1.54, 1.807) is 12.1 Å². The average molecular weight is 393 g/mol. The van der Waals surface area contributed by atoms with Crippen molar-refractivity contribution in [3.05, 3.63) is 84.2 Å². The molecule has 0 spiro atoms. The second-order valence-corrected chi connectivity index (χ2v) is 6.29. The highest BCUT2D eigenvalue weighted by Crippen LogP contribution is 2.27. The van der Waals surface area contributed by atoms with Crippen LogP contribution in [0.1, 0.15) is 17.3 Å². The van der Waals surface area contributed by atoms with Gasteiger partial charge < -0.3 is 14.8 Å². The molecule has 0 aliphatic heterocycles. The van der Waals surface area contributed by atoms with Gasteiger partial charge >= 0.3 is 5.97 Å². The number of carbonyl (C=O) groups is 2. The van der Waals surface area contributed by atoms with Gasteiger partial charge in [0.15, 0.2) is 6.10 Å². The number of para-hydroxylation sites is 1. The summed E-state index contributed by atoms with van der Waals surface area (Å²) in [6.07, 6.45) is -1.12. The fourth-order valence-electron chi connectivity index (χ4n) is 2.76. The van der Waals surface area contributed by atoms with E-state index >= 15 is 0 Å². The molecule has 1 atom stereocenters. The molecule has 0 heterocycles. The van der Waals surface area contributed by atoms with Crippen molar-refractivity contribution in [3.8, 4) is 16.9 Å². The monoisotopic (exact) mass is 393 g/mol. The molecular weight excluding hydrogens is 373 g/mol. The number of anilines is 1. The van der Waals surface area contributed by atoms with Crippen molar-refractivity contribution in [1.29, 1.82) is 0 Å². The smallest absolute Gasteiger partial charge is 0.341 e. The molecular formula is C23H20FNO4. The van der Waals surface area contributed by atoms with Crippen molar-refractivity contribution in [2.45, 2.75) is 13.0 Å². The Kier molecular flexibility index (Phi) is 6.24. The number of halogens is 1. The van der Waals surface area contributed by atoms with Crippen molar-refractivity contribution in [1.82, 2.24) is 0 Å².